The molecule has 0 spiro atoms. The van der Waals surface area contributed by atoms with E-state index in [4.69, 9.17) is 9.31 Å². The van der Waals surface area contributed by atoms with Crippen molar-refractivity contribution < 1.29 is 22.5 Å². The van der Waals surface area contributed by atoms with Gasteiger partial charge in [-0.2, -0.15) is 0 Å². The highest BCUT2D eigenvalue weighted by Crippen LogP contribution is 2.46. The van der Waals surface area contributed by atoms with E-state index in [1.54, 1.807) is 0 Å². The summed E-state index contributed by atoms with van der Waals surface area (Å²) in [6.45, 7) is 7.45. The van der Waals surface area contributed by atoms with Gasteiger partial charge in [0.05, 0.1) is 11.2 Å². The number of allylic oxidation sites excluding steroid dienone is 1. The van der Waals surface area contributed by atoms with Crippen molar-refractivity contribution in [3.63, 3.8) is 0 Å². The Balaban J connectivity index is 1.72. The molecular formula is C17H20BF3O2. The standard InChI is InChI=1S/C17H20BF3O2/c1-16(2)17(3,4)23-18(22-16)15(21)11-7-10(8-11)13-6-5-12(19)9-14(13)20/h5-6,9-10H,7-8H2,1-4H3. The van der Waals surface area contributed by atoms with Crippen LogP contribution in [-0.4, -0.2) is 18.3 Å². The summed E-state index contributed by atoms with van der Waals surface area (Å²) in [6, 6.07) is 3.52. The van der Waals surface area contributed by atoms with Gasteiger partial charge in [0, 0.05) is 6.07 Å². The van der Waals surface area contributed by atoms with Crippen LogP contribution in [0.2, 0.25) is 0 Å². The second-order valence-electron chi connectivity index (χ2n) is 7.31. The first-order valence-corrected chi connectivity index (χ1v) is 7.79. The van der Waals surface area contributed by atoms with Crippen molar-refractivity contribution in [2.24, 2.45) is 0 Å². The highest BCUT2D eigenvalue weighted by Gasteiger charge is 2.54. The summed E-state index contributed by atoms with van der Waals surface area (Å²) in [4.78, 5) is 0. The number of halogens is 3. The van der Waals surface area contributed by atoms with Crippen LogP contribution in [0.25, 0.3) is 0 Å². The topological polar surface area (TPSA) is 18.5 Å². The molecule has 1 aliphatic carbocycles. The first-order chi connectivity index (χ1) is 10.6. The summed E-state index contributed by atoms with van der Waals surface area (Å²) in [5.74, 6) is -1.31. The van der Waals surface area contributed by atoms with E-state index in [-0.39, 0.29) is 5.92 Å². The molecule has 1 saturated heterocycles. The lowest BCUT2D eigenvalue weighted by Gasteiger charge is -2.32. The van der Waals surface area contributed by atoms with Gasteiger partial charge in [-0.1, -0.05) is 6.07 Å². The highest BCUT2D eigenvalue weighted by atomic mass is 19.1. The molecule has 1 aromatic rings. The SMILES string of the molecule is CC1(C)OB(C(F)=C2CC(c3ccc(F)cc3F)C2)OC1(C)C. The minimum Gasteiger partial charge on any atom is -0.398 e. The van der Waals surface area contributed by atoms with E-state index in [9.17, 15) is 13.2 Å². The fourth-order valence-electron chi connectivity index (χ4n) is 2.90. The molecule has 1 aliphatic heterocycles. The smallest absolute Gasteiger partial charge is 0.398 e. The molecular weight excluding hydrogens is 304 g/mol. The maximum absolute atomic E-state index is 14.6. The second-order valence-corrected chi connectivity index (χ2v) is 7.31. The Bertz CT molecular complexity index is 646. The number of hydrogen-bond acceptors (Lipinski definition) is 2. The first kappa shape index (κ1) is 16.6. The van der Waals surface area contributed by atoms with Crippen molar-refractivity contribution in [1.82, 2.24) is 0 Å². The molecule has 0 aromatic heterocycles. The number of hydrogen-bond donors (Lipinski definition) is 0. The molecule has 2 aliphatic rings. The molecule has 0 atom stereocenters. The summed E-state index contributed by atoms with van der Waals surface area (Å²) in [6.07, 6.45) is 0.803. The molecule has 0 unspecified atom stereocenters. The monoisotopic (exact) mass is 324 g/mol. The van der Waals surface area contributed by atoms with Crippen LogP contribution < -0.4 is 0 Å². The van der Waals surface area contributed by atoms with Gasteiger partial charge in [-0.3, -0.25) is 0 Å². The molecule has 0 N–H and O–H groups in total. The Hall–Kier alpha value is -1.27. The maximum atomic E-state index is 14.6. The zero-order chi connectivity index (χ0) is 17.0. The Morgan fingerprint density at radius 2 is 1.65 bits per heavy atom. The molecule has 2 fully saturated rings. The fraction of sp³-hybridized carbons (Fsp3) is 0.529. The normalized spacial score (nSPS) is 25.4. The lowest BCUT2D eigenvalue weighted by atomic mass is 9.70. The molecule has 0 amide bonds. The summed E-state index contributed by atoms with van der Waals surface area (Å²) >= 11 is 0. The molecule has 23 heavy (non-hydrogen) atoms. The van der Waals surface area contributed by atoms with Crippen LogP contribution in [0.5, 0.6) is 0 Å². The third-order valence-corrected chi connectivity index (χ3v) is 5.19. The van der Waals surface area contributed by atoms with Crippen molar-refractivity contribution in [3.8, 4) is 0 Å². The molecule has 1 heterocycles. The largest absolute Gasteiger partial charge is 0.525 e. The van der Waals surface area contributed by atoms with Crippen molar-refractivity contribution in [2.75, 3.05) is 0 Å². The molecule has 0 bridgehead atoms. The summed E-state index contributed by atoms with van der Waals surface area (Å²) in [5.41, 5.74) is -0.597. The van der Waals surface area contributed by atoms with Gasteiger partial charge in [0.1, 0.15) is 17.4 Å². The van der Waals surface area contributed by atoms with E-state index in [1.165, 1.54) is 12.1 Å². The zero-order valence-electron chi connectivity index (χ0n) is 13.8. The average Bonchev–Trinajstić information content (AvgIpc) is 2.59. The van der Waals surface area contributed by atoms with E-state index < -0.39 is 35.7 Å². The Morgan fingerprint density at radius 3 is 2.17 bits per heavy atom. The minimum absolute atomic E-state index is 0.126. The summed E-state index contributed by atoms with van der Waals surface area (Å²) in [5, 5.41) is 0. The van der Waals surface area contributed by atoms with Gasteiger partial charge in [-0.15, -0.1) is 0 Å². The molecule has 0 radical (unpaired) electrons. The lowest BCUT2D eigenvalue weighted by Crippen LogP contribution is -2.41. The predicted octanol–water partition coefficient (Wildman–Crippen LogP) is 4.70. The van der Waals surface area contributed by atoms with Gasteiger partial charge >= 0.3 is 7.12 Å². The maximum Gasteiger partial charge on any atom is 0.525 e. The fourth-order valence-corrected chi connectivity index (χ4v) is 2.90. The first-order valence-electron chi connectivity index (χ1n) is 7.79. The highest BCUT2D eigenvalue weighted by molar-refractivity contribution is 6.53. The van der Waals surface area contributed by atoms with Gasteiger partial charge in [-0.25, -0.2) is 13.2 Å². The van der Waals surface area contributed by atoms with Crippen LogP contribution >= 0.6 is 0 Å². The molecule has 2 nitrogen and oxygen atoms in total. The van der Waals surface area contributed by atoms with Crippen LogP contribution in [0.3, 0.4) is 0 Å². The van der Waals surface area contributed by atoms with Gasteiger partial charge in [-0.05, 0) is 63.7 Å². The van der Waals surface area contributed by atoms with Crippen LogP contribution in [0.1, 0.15) is 52.0 Å². The van der Waals surface area contributed by atoms with Crippen LogP contribution in [0, 0.1) is 11.6 Å². The van der Waals surface area contributed by atoms with Gasteiger partial charge < -0.3 is 9.31 Å². The molecule has 6 heteroatoms. The lowest BCUT2D eigenvalue weighted by molar-refractivity contribution is 0.00578. The predicted molar refractivity (Wildman–Crippen MR) is 82.5 cm³/mol. The van der Waals surface area contributed by atoms with Crippen LogP contribution in [0.15, 0.2) is 29.5 Å². The molecule has 1 aromatic carbocycles. The minimum atomic E-state index is -1.01. The number of rotatable bonds is 2. The van der Waals surface area contributed by atoms with Gasteiger partial charge in [0.2, 0.25) is 0 Å². The van der Waals surface area contributed by atoms with E-state index in [2.05, 4.69) is 0 Å². The van der Waals surface area contributed by atoms with Gasteiger partial charge in [0.25, 0.3) is 0 Å². The van der Waals surface area contributed by atoms with Crippen LogP contribution in [0.4, 0.5) is 13.2 Å². The van der Waals surface area contributed by atoms with Crippen molar-refractivity contribution in [1.29, 1.82) is 0 Å². The van der Waals surface area contributed by atoms with Crippen molar-refractivity contribution in [2.45, 2.75) is 57.7 Å². The Kier molecular flexibility index (Phi) is 3.88. The molecule has 3 rings (SSSR count). The average molecular weight is 324 g/mol. The van der Waals surface area contributed by atoms with Crippen molar-refractivity contribution in [3.05, 3.63) is 46.7 Å². The molecule has 1 saturated carbocycles. The van der Waals surface area contributed by atoms with E-state index in [0.29, 0.717) is 24.0 Å². The quantitative estimate of drug-likeness (QED) is 0.734. The van der Waals surface area contributed by atoms with Gasteiger partial charge in [0.15, 0.2) is 0 Å². The third-order valence-electron chi connectivity index (χ3n) is 5.19. The van der Waals surface area contributed by atoms with E-state index in [0.717, 1.165) is 6.07 Å². The third kappa shape index (κ3) is 2.83. The van der Waals surface area contributed by atoms with E-state index in [1.807, 2.05) is 27.7 Å². The zero-order valence-corrected chi connectivity index (χ0v) is 13.8. The second kappa shape index (κ2) is 5.38. The Labute approximate surface area is 134 Å². The summed E-state index contributed by atoms with van der Waals surface area (Å²) < 4.78 is 52.6. The molecule has 124 valence electrons. The van der Waals surface area contributed by atoms with Crippen LogP contribution in [-0.2, 0) is 9.31 Å². The number of benzene rings is 1. The van der Waals surface area contributed by atoms with E-state index >= 15 is 0 Å². The Morgan fingerprint density at radius 1 is 1.09 bits per heavy atom. The summed E-state index contributed by atoms with van der Waals surface area (Å²) in [7, 11) is -1.01. The van der Waals surface area contributed by atoms with Crippen molar-refractivity contribution >= 4 is 7.12 Å².